The van der Waals surface area contributed by atoms with Crippen molar-refractivity contribution in [3.8, 4) is 0 Å². The van der Waals surface area contributed by atoms with Crippen molar-refractivity contribution in [2.45, 2.75) is 24.5 Å². The molecule has 12 heavy (non-hydrogen) atoms. The van der Waals surface area contributed by atoms with Gasteiger partial charge in [0.05, 0.1) is 18.3 Å². The lowest BCUT2D eigenvalue weighted by Crippen LogP contribution is -2.14. The first-order valence-electron chi connectivity index (χ1n) is 3.79. The molecule has 1 fully saturated rings. The van der Waals surface area contributed by atoms with Crippen LogP contribution in [0.25, 0.3) is 0 Å². The summed E-state index contributed by atoms with van der Waals surface area (Å²) in [7, 11) is 5.47. The maximum Gasteiger partial charge on any atom is 0.308 e. The molecule has 1 unspecified atom stereocenters. The molecule has 70 valence electrons. The molecule has 0 spiro atoms. The second-order valence-corrected chi connectivity index (χ2v) is 4.98. The molecule has 0 saturated heterocycles. The van der Waals surface area contributed by atoms with Gasteiger partial charge in [-0.25, -0.2) is 4.21 Å². The minimum Gasteiger partial charge on any atom is -0.469 e. The second-order valence-electron chi connectivity index (χ2n) is 2.90. The van der Waals surface area contributed by atoms with E-state index < -0.39 is 10.0 Å². The van der Waals surface area contributed by atoms with Crippen LogP contribution in [0.4, 0.5) is 0 Å². The molecule has 5 heteroatoms. The van der Waals surface area contributed by atoms with Gasteiger partial charge in [0, 0.05) is 0 Å². The molecule has 0 N–H and O–H groups in total. The average Bonchev–Trinajstić information content (AvgIpc) is 2.51. The maximum absolute atomic E-state index is 11.0. The van der Waals surface area contributed by atoms with Crippen LogP contribution < -0.4 is 0 Å². The van der Waals surface area contributed by atoms with Crippen LogP contribution in [-0.4, -0.2) is 22.5 Å². The van der Waals surface area contributed by atoms with Gasteiger partial charge in [-0.1, -0.05) is 0 Å². The first-order valence-corrected chi connectivity index (χ1v) is 5.83. The number of carbonyl (C=O) groups is 1. The number of halogens is 1. The Morgan fingerprint density at radius 3 is 2.67 bits per heavy atom. The molecule has 1 saturated carbocycles. The zero-order valence-electron chi connectivity index (χ0n) is 6.79. The van der Waals surface area contributed by atoms with Crippen LogP contribution in [0.3, 0.4) is 0 Å². The first-order chi connectivity index (χ1) is 5.65. The number of esters is 1. The Morgan fingerprint density at radius 2 is 2.25 bits per heavy atom. The van der Waals surface area contributed by atoms with Crippen molar-refractivity contribution in [3.05, 3.63) is 0 Å². The summed E-state index contributed by atoms with van der Waals surface area (Å²) in [6.45, 7) is 0. The van der Waals surface area contributed by atoms with Crippen molar-refractivity contribution in [1.29, 1.82) is 0 Å². The van der Waals surface area contributed by atoms with Gasteiger partial charge < -0.3 is 4.74 Å². The molecule has 0 aliphatic heterocycles. The topological polar surface area (TPSA) is 43.4 Å². The quantitative estimate of drug-likeness (QED) is 0.509. The van der Waals surface area contributed by atoms with Crippen molar-refractivity contribution in [2.75, 3.05) is 7.11 Å². The van der Waals surface area contributed by atoms with Crippen LogP contribution in [-0.2, 0) is 19.5 Å². The first kappa shape index (κ1) is 9.99. The average molecular weight is 211 g/mol. The van der Waals surface area contributed by atoms with Gasteiger partial charge in [0.15, 0.2) is 0 Å². The van der Waals surface area contributed by atoms with Crippen LogP contribution in [0, 0.1) is 5.92 Å². The fourth-order valence-electron chi connectivity index (χ4n) is 1.49. The molecule has 1 aliphatic carbocycles. The number of ether oxygens (including phenoxy) is 1. The molecule has 0 amide bonds. The lowest BCUT2D eigenvalue weighted by Gasteiger charge is -2.05. The summed E-state index contributed by atoms with van der Waals surface area (Å²) in [6, 6.07) is 0. The molecule has 0 radical (unpaired) electrons. The summed E-state index contributed by atoms with van der Waals surface area (Å²) in [6.07, 6.45) is 2.11. The van der Waals surface area contributed by atoms with Gasteiger partial charge in [0.2, 0.25) is 0 Å². The monoisotopic (exact) mass is 210 g/mol. The lowest BCUT2D eigenvalue weighted by atomic mass is 10.1. The van der Waals surface area contributed by atoms with Crippen molar-refractivity contribution in [3.63, 3.8) is 0 Å². The van der Waals surface area contributed by atoms with Gasteiger partial charge in [0.1, 0.15) is 10.0 Å². The van der Waals surface area contributed by atoms with E-state index >= 15 is 0 Å². The van der Waals surface area contributed by atoms with Gasteiger partial charge in [-0.2, -0.15) is 0 Å². The number of hydrogen-bond donors (Lipinski definition) is 0. The largest absolute Gasteiger partial charge is 0.469 e. The predicted molar refractivity (Wildman–Crippen MR) is 47.1 cm³/mol. The molecular formula is C7H11ClO3S. The summed E-state index contributed by atoms with van der Waals surface area (Å²) < 4.78 is 15.4. The zero-order chi connectivity index (χ0) is 9.14. The predicted octanol–water partition coefficient (Wildman–Crippen LogP) is 1.23. The van der Waals surface area contributed by atoms with E-state index in [0.29, 0.717) is 6.42 Å². The van der Waals surface area contributed by atoms with Crippen LogP contribution in [0.1, 0.15) is 19.3 Å². The van der Waals surface area contributed by atoms with E-state index in [4.69, 9.17) is 10.7 Å². The second kappa shape index (κ2) is 4.23. The summed E-state index contributed by atoms with van der Waals surface area (Å²) >= 11 is 0. The molecule has 1 aliphatic rings. The Hall–Kier alpha value is -0.0900. The highest BCUT2D eigenvalue weighted by atomic mass is 35.7. The molecule has 3 nitrogen and oxygen atoms in total. The molecule has 0 aromatic rings. The third kappa shape index (κ3) is 2.20. The van der Waals surface area contributed by atoms with Crippen LogP contribution in [0.2, 0.25) is 0 Å². The summed E-state index contributed by atoms with van der Waals surface area (Å²) in [5.74, 6) is -0.303. The van der Waals surface area contributed by atoms with E-state index in [2.05, 4.69) is 4.74 Å². The van der Waals surface area contributed by atoms with E-state index in [9.17, 15) is 9.00 Å². The van der Waals surface area contributed by atoms with E-state index in [1.165, 1.54) is 7.11 Å². The number of hydrogen-bond acceptors (Lipinski definition) is 3. The smallest absolute Gasteiger partial charge is 0.308 e. The summed E-state index contributed by atoms with van der Waals surface area (Å²) in [4.78, 5) is 11.0. The molecule has 0 bridgehead atoms. The Kier molecular flexibility index (Phi) is 3.53. The van der Waals surface area contributed by atoms with Crippen LogP contribution >= 0.6 is 10.7 Å². The van der Waals surface area contributed by atoms with Gasteiger partial charge >= 0.3 is 5.97 Å². The summed E-state index contributed by atoms with van der Waals surface area (Å²) in [5, 5.41) is -0.0317. The zero-order valence-corrected chi connectivity index (χ0v) is 8.36. The van der Waals surface area contributed by atoms with E-state index in [1.54, 1.807) is 0 Å². The molecule has 0 aromatic heterocycles. The Balaban J connectivity index is 2.45. The fourth-order valence-corrected chi connectivity index (χ4v) is 2.68. The number of methoxy groups -OCH3 is 1. The third-order valence-corrected chi connectivity index (χ3v) is 3.89. The molecular weight excluding hydrogens is 200 g/mol. The minimum atomic E-state index is -1.32. The van der Waals surface area contributed by atoms with Gasteiger partial charge in [0.25, 0.3) is 0 Å². The minimum absolute atomic E-state index is 0.0317. The van der Waals surface area contributed by atoms with Gasteiger partial charge in [-0.05, 0) is 29.9 Å². The molecule has 0 heterocycles. The lowest BCUT2D eigenvalue weighted by molar-refractivity contribution is -0.145. The van der Waals surface area contributed by atoms with Crippen molar-refractivity contribution in [1.82, 2.24) is 0 Å². The molecule has 1 rings (SSSR count). The van der Waals surface area contributed by atoms with E-state index in [-0.39, 0.29) is 17.1 Å². The van der Waals surface area contributed by atoms with Crippen molar-refractivity contribution >= 4 is 26.7 Å². The molecule has 0 aromatic carbocycles. The number of carbonyl (C=O) groups excluding carboxylic acids is 1. The third-order valence-electron chi connectivity index (χ3n) is 2.18. The van der Waals surface area contributed by atoms with Crippen molar-refractivity contribution in [2.24, 2.45) is 5.92 Å². The standard InChI is InChI=1S/C7H11ClO3S/c1-11-7(9)5-2-3-6(4-5)12(8)10/h5-6H,2-4H2,1H3/t5-,6+,12?/m0/s1. The van der Waals surface area contributed by atoms with Crippen molar-refractivity contribution < 1.29 is 13.7 Å². The fraction of sp³-hybridized carbons (Fsp3) is 0.857. The van der Waals surface area contributed by atoms with E-state index in [0.717, 1.165) is 12.8 Å². The maximum atomic E-state index is 11.0. The SMILES string of the molecule is COC(=O)[C@H]1CC[C@@H](S(=O)Cl)C1. The highest BCUT2D eigenvalue weighted by Crippen LogP contribution is 2.30. The van der Waals surface area contributed by atoms with Crippen LogP contribution in [0.15, 0.2) is 0 Å². The van der Waals surface area contributed by atoms with Gasteiger partial charge in [-0.3, -0.25) is 4.79 Å². The van der Waals surface area contributed by atoms with Gasteiger partial charge in [-0.15, -0.1) is 0 Å². The Morgan fingerprint density at radius 1 is 1.58 bits per heavy atom. The highest BCUT2D eigenvalue weighted by Gasteiger charge is 2.33. The van der Waals surface area contributed by atoms with Crippen LogP contribution in [0.5, 0.6) is 0 Å². The highest BCUT2D eigenvalue weighted by molar-refractivity contribution is 8.08. The normalized spacial score (nSPS) is 31.5. The Labute approximate surface area is 78.4 Å². The number of rotatable bonds is 2. The molecule has 3 atom stereocenters. The summed E-state index contributed by atoms with van der Waals surface area (Å²) in [5.41, 5.74) is 0. The van der Waals surface area contributed by atoms with E-state index in [1.807, 2.05) is 0 Å². The Bertz CT molecular complexity index is 207.